The molecule has 11 heteroatoms. The van der Waals surface area contributed by atoms with Crippen molar-refractivity contribution >= 4 is 34.4 Å². The fourth-order valence-electron chi connectivity index (χ4n) is 4.38. The molecule has 2 bridgehead atoms. The number of fused-ring (bicyclic) bond motifs is 3. The molecule has 0 aliphatic carbocycles. The number of rotatable bonds is 6. The second-order valence-corrected chi connectivity index (χ2v) is 8.38. The third-order valence-electron chi connectivity index (χ3n) is 6.12. The standard InChI is InChI=1S/C22H26N8O3/c1-2-30-21-16(9-25-30)20(29-10-14-7-8-15(11-29)33-14)27-19(28-21)12-3-5-13(6-4-12)26-22(32)17(23)18(24)31/h3-6,9,14-15,17H,2,7-8,10-11,23H2,1H3,(H2,24,31)(H,26,32). The summed E-state index contributed by atoms with van der Waals surface area (Å²) in [5.41, 5.74) is 12.6. The quantitative estimate of drug-likeness (QED) is 0.462. The van der Waals surface area contributed by atoms with Gasteiger partial charge in [-0.15, -0.1) is 0 Å². The van der Waals surface area contributed by atoms with Gasteiger partial charge in [-0.05, 0) is 44.0 Å². The second kappa shape index (κ2) is 8.41. The average Bonchev–Trinajstić information content (AvgIpc) is 3.39. The van der Waals surface area contributed by atoms with E-state index in [1.807, 2.05) is 29.9 Å². The Hall–Kier alpha value is -3.57. The number of nitrogens with two attached hydrogens (primary N) is 2. The van der Waals surface area contributed by atoms with Crippen molar-refractivity contribution < 1.29 is 14.3 Å². The van der Waals surface area contributed by atoms with Gasteiger partial charge in [0.15, 0.2) is 17.5 Å². The summed E-state index contributed by atoms with van der Waals surface area (Å²) in [7, 11) is 0. The van der Waals surface area contributed by atoms with E-state index in [1.165, 1.54) is 0 Å². The highest BCUT2D eigenvalue weighted by molar-refractivity contribution is 6.09. The third kappa shape index (κ3) is 4.00. The molecule has 5 N–H and O–H groups in total. The van der Waals surface area contributed by atoms with Crippen LogP contribution < -0.4 is 21.7 Å². The second-order valence-electron chi connectivity index (χ2n) is 8.38. The van der Waals surface area contributed by atoms with Gasteiger partial charge in [0.05, 0.1) is 23.8 Å². The summed E-state index contributed by atoms with van der Waals surface area (Å²) < 4.78 is 7.86. The number of primary amides is 1. The molecule has 33 heavy (non-hydrogen) atoms. The van der Waals surface area contributed by atoms with Gasteiger partial charge in [0.25, 0.3) is 5.91 Å². The van der Waals surface area contributed by atoms with E-state index >= 15 is 0 Å². The minimum Gasteiger partial charge on any atom is -0.371 e. The molecule has 5 rings (SSSR count). The van der Waals surface area contributed by atoms with Crippen LogP contribution in [0, 0.1) is 0 Å². The van der Waals surface area contributed by atoms with E-state index in [-0.39, 0.29) is 12.2 Å². The van der Waals surface area contributed by atoms with E-state index in [0.29, 0.717) is 18.1 Å². The molecule has 172 valence electrons. The Kier molecular flexibility index (Phi) is 5.43. The Bertz CT molecular complexity index is 1200. The first-order valence-corrected chi connectivity index (χ1v) is 11.0. The van der Waals surface area contributed by atoms with Crippen LogP contribution in [-0.4, -0.2) is 62.9 Å². The third-order valence-corrected chi connectivity index (χ3v) is 6.12. The smallest absolute Gasteiger partial charge is 0.251 e. The minimum atomic E-state index is -1.41. The maximum Gasteiger partial charge on any atom is 0.251 e. The highest BCUT2D eigenvalue weighted by Gasteiger charge is 2.35. The van der Waals surface area contributed by atoms with E-state index in [4.69, 9.17) is 26.2 Å². The molecule has 2 fully saturated rings. The molecule has 4 heterocycles. The molecule has 2 aromatic heterocycles. The van der Waals surface area contributed by atoms with Crippen molar-refractivity contribution in [2.45, 2.75) is 44.6 Å². The number of aryl methyl sites for hydroxylation is 1. The first kappa shape index (κ1) is 21.3. The van der Waals surface area contributed by atoms with Crippen LogP contribution in [0.25, 0.3) is 22.4 Å². The van der Waals surface area contributed by atoms with E-state index in [2.05, 4.69) is 15.3 Å². The predicted molar refractivity (Wildman–Crippen MR) is 122 cm³/mol. The molecule has 0 spiro atoms. The van der Waals surface area contributed by atoms with Crippen molar-refractivity contribution in [2.75, 3.05) is 23.3 Å². The Morgan fingerprint density at radius 3 is 2.52 bits per heavy atom. The van der Waals surface area contributed by atoms with E-state index < -0.39 is 17.9 Å². The first-order chi connectivity index (χ1) is 15.9. The van der Waals surface area contributed by atoms with Gasteiger partial charge in [-0.1, -0.05) is 0 Å². The van der Waals surface area contributed by atoms with Crippen LogP contribution in [0.3, 0.4) is 0 Å². The van der Waals surface area contributed by atoms with Gasteiger partial charge in [-0.3, -0.25) is 9.59 Å². The topological polar surface area (TPSA) is 154 Å². The number of benzene rings is 1. The number of anilines is 2. The summed E-state index contributed by atoms with van der Waals surface area (Å²) in [4.78, 5) is 35.1. The molecule has 2 amide bonds. The van der Waals surface area contributed by atoms with Crippen molar-refractivity contribution in [3.05, 3.63) is 30.5 Å². The molecule has 0 radical (unpaired) electrons. The molecular weight excluding hydrogens is 424 g/mol. The fourth-order valence-corrected chi connectivity index (χ4v) is 4.38. The molecule has 2 aliphatic heterocycles. The number of carbonyl (C=O) groups excluding carboxylic acids is 2. The number of ether oxygens (including phenoxy) is 1. The Balaban J connectivity index is 1.48. The number of amides is 2. The lowest BCUT2D eigenvalue weighted by Crippen LogP contribution is -2.46. The summed E-state index contributed by atoms with van der Waals surface area (Å²) in [5.74, 6) is -0.121. The van der Waals surface area contributed by atoms with E-state index in [0.717, 1.165) is 48.3 Å². The molecule has 0 saturated carbocycles. The average molecular weight is 451 g/mol. The normalized spacial score (nSPS) is 20.7. The number of carbonyl (C=O) groups is 2. The van der Waals surface area contributed by atoms with Gasteiger partial charge in [0, 0.05) is 30.9 Å². The molecule has 11 nitrogen and oxygen atoms in total. The minimum absolute atomic E-state index is 0.230. The maximum absolute atomic E-state index is 12.0. The Labute approximate surface area is 190 Å². The van der Waals surface area contributed by atoms with E-state index in [9.17, 15) is 9.59 Å². The summed E-state index contributed by atoms with van der Waals surface area (Å²) in [6.45, 7) is 4.31. The van der Waals surface area contributed by atoms with Gasteiger partial charge in [-0.25, -0.2) is 14.6 Å². The zero-order chi connectivity index (χ0) is 23.1. The summed E-state index contributed by atoms with van der Waals surface area (Å²) >= 11 is 0. The Morgan fingerprint density at radius 1 is 1.18 bits per heavy atom. The number of aromatic nitrogens is 4. The summed E-state index contributed by atoms with van der Waals surface area (Å²) in [6.07, 6.45) is 4.43. The first-order valence-electron chi connectivity index (χ1n) is 11.0. The summed E-state index contributed by atoms with van der Waals surface area (Å²) in [5, 5.41) is 8.00. The molecular formula is C22H26N8O3. The Morgan fingerprint density at radius 2 is 1.88 bits per heavy atom. The van der Waals surface area contributed by atoms with Crippen molar-refractivity contribution in [1.29, 1.82) is 0 Å². The lowest BCUT2D eigenvalue weighted by atomic mass is 10.1. The molecule has 1 aromatic carbocycles. The van der Waals surface area contributed by atoms with Crippen molar-refractivity contribution in [3.63, 3.8) is 0 Å². The van der Waals surface area contributed by atoms with Crippen LogP contribution in [0.4, 0.5) is 11.5 Å². The van der Waals surface area contributed by atoms with Crippen LogP contribution in [0.2, 0.25) is 0 Å². The van der Waals surface area contributed by atoms with Crippen LogP contribution in [0.1, 0.15) is 19.8 Å². The SMILES string of the molecule is CCn1ncc2c(N3CC4CCC(C3)O4)nc(-c3ccc(NC(=O)C(N)C(N)=O)cc3)nc21. The van der Waals surface area contributed by atoms with Crippen LogP contribution >= 0.6 is 0 Å². The van der Waals surface area contributed by atoms with Gasteiger partial charge < -0.3 is 26.4 Å². The highest BCUT2D eigenvalue weighted by Crippen LogP contribution is 2.33. The molecule has 2 saturated heterocycles. The van der Waals surface area contributed by atoms with Crippen LogP contribution in [-0.2, 0) is 20.9 Å². The molecule has 3 unspecified atom stereocenters. The largest absolute Gasteiger partial charge is 0.371 e. The highest BCUT2D eigenvalue weighted by atomic mass is 16.5. The van der Waals surface area contributed by atoms with Gasteiger partial charge in [0.2, 0.25) is 5.91 Å². The number of morpholine rings is 1. The summed E-state index contributed by atoms with van der Waals surface area (Å²) in [6, 6.07) is 5.63. The number of nitrogens with one attached hydrogen (secondary N) is 1. The fraction of sp³-hybridized carbons (Fsp3) is 0.409. The maximum atomic E-state index is 12.0. The van der Waals surface area contributed by atoms with Gasteiger partial charge in [-0.2, -0.15) is 5.10 Å². The predicted octanol–water partition coefficient (Wildman–Crippen LogP) is 0.632. The molecule has 3 aromatic rings. The lowest BCUT2D eigenvalue weighted by molar-refractivity contribution is -0.126. The molecule has 3 atom stereocenters. The van der Waals surface area contributed by atoms with Crippen molar-refractivity contribution in [1.82, 2.24) is 19.7 Å². The zero-order valence-corrected chi connectivity index (χ0v) is 18.3. The van der Waals surface area contributed by atoms with E-state index in [1.54, 1.807) is 12.1 Å². The van der Waals surface area contributed by atoms with Crippen molar-refractivity contribution in [3.8, 4) is 11.4 Å². The number of hydrogen-bond donors (Lipinski definition) is 3. The van der Waals surface area contributed by atoms with Gasteiger partial charge in [0.1, 0.15) is 5.82 Å². The van der Waals surface area contributed by atoms with Crippen LogP contribution in [0.5, 0.6) is 0 Å². The number of hydrogen-bond acceptors (Lipinski definition) is 8. The monoisotopic (exact) mass is 450 g/mol. The van der Waals surface area contributed by atoms with Crippen molar-refractivity contribution in [2.24, 2.45) is 11.5 Å². The van der Waals surface area contributed by atoms with Crippen LogP contribution in [0.15, 0.2) is 30.5 Å². The molecule has 2 aliphatic rings. The zero-order valence-electron chi connectivity index (χ0n) is 18.3. The lowest BCUT2D eigenvalue weighted by Gasteiger charge is -2.33. The number of nitrogens with zero attached hydrogens (tertiary/aromatic N) is 5. The van der Waals surface area contributed by atoms with Gasteiger partial charge >= 0.3 is 0 Å².